The van der Waals surface area contributed by atoms with Crippen molar-refractivity contribution in [2.45, 2.75) is 0 Å². The molecule has 2 N–H and O–H groups in total. The topological polar surface area (TPSA) is 50.4 Å². The fraction of sp³-hybridized carbons (Fsp3) is 0.133. The first-order valence-corrected chi connectivity index (χ1v) is 7.80. The monoisotopic (exact) mass is 412 g/mol. The lowest BCUT2D eigenvalue weighted by Gasteiger charge is -2.12. The molecule has 0 bridgehead atoms. The number of hydrogen-bond donors (Lipinski definition) is 2. The van der Waals surface area contributed by atoms with Crippen molar-refractivity contribution in [2.24, 2.45) is 0 Å². The van der Waals surface area contributed by atoms with Gasteiger partial charge in [0.25, 0.3) is 0 Å². The molecule has 0 aliphatic carbocycles. The van der Waals surface area contributed by atoms with E-state index < -0.39 is 0 Å². The summed E-state index contributed by atoms with van der Waals surface area (Å²) in [4.78, 5) is 11.9. The maximum Gasteiger partial charge on any atom is 0.243 e. The first-order valence-electron chi connectivity index (χ1n) is 6.22. The third-order valence-corrected chi connectivity index (χ3v) is 4.01. The molecule has 21 heavy (non-hydrogen) atoms. The van der Waals surface area contributed by atoms with Crippen LogP contribution in [0.5, 0.6) is 5.75 Å². The van der Waals surface area contributed by atoms with E-state index >= 15 is 0 Å². The van der Waals surface area contributed by atoms with Crippen LogP contribution >= 0.6 is 31.9 Å². The molecule has 0 radical (unpaired) electrons. The molecule has 0 fully saturated rings. The van der Waals surface area contributed by atoms with Crippen LogP contribution in [0.4, 0.5) is 11.4 Å². The predicted octanol–water partition coefficient (Wildman–Crippen LogP) is 4.27. The maximum absolute atomic E-state index is 11.9. The number of halogens is 2. The molecule has 2 aromatic rings. The van der Waals surface area contributed by atoms with Crippen LogP contribution in [0.2, 0.25) is 0 Å². The van der Waals surface area contributed by atoms with Gasteiger partial charge >= 0.3 is 0 Å². The van der Waals surface area contributed by atoms with Crippen molar-refractivity contribution in [3.05, 3.63) is 51.4 Å². The molecule has 0 saturated carbocycles. The zero-order valence-corrected chi connectivity index (χ0v) is 14.5. The van der Waals surface area contributed by atoms with Crippen LogP contribution in [0.25, 0.3) is 0 Å². The van der Waals surface area contributed by atoms with Gasteiger partial charge in [-0.3, -0.25) is 4.79 Å². The number of methoxy groups -OCH3 is 1. The van der Waals surface area contributed by atoms with Gasteiger partial charge in [-0.2, -0.15) is 0 Å². The van der Waals surface area contributed by atoms with E-state index in [2.05, 4.69) is 42.5 Å². The fourth-order valence-corrected chi connectivity index (χ4v) is 3.02. The molecule has 0 heterocycles. The predicted molar refractivity (Wildman–Crippen MR) is 92.0 cm³/mol. The second kappa shape index (κ2) is 7.47. The molecule has 1 amide bonds. The summed E-state index contributed by atoms with van der Waals surface area (Å²) in [6.45, 7) is 0.165. The second-order valence-corrected chi connectivity index (χ2v) is 5.94. The minimum absolute atomic E-state index is 0.116. The van der Waals surface area contributed by atoms with Gasteiger partial charge < -0.3 is 15.4 Å². The highest BCUT2D eigenvalue weighted by molar-refractivity contribution is 9.11. The normalized spacial score (nSPS) is 10.0. The van der Waals surface area contributed by atoms with Crippen molar-refractivity contribution >= 4 is 49.1 Å². The summed E-state index contributed by atoms with van der Waals surface area (Å²) >= 11 is 6.85. The lowest BCUT2D eigenvalue weighted by molar-refractivity contribution is -0.114. The zero-order valence-electron chi connectivity index (χ0n) is 11.3. The molecule has 4 nitrogen and oxygen atoms in total. The molecule has 0 aromatic heterocycles. The highest BCUT2D eigenvalue weighted by Crippen LogP contribution is 2.34. The van der Waals surface area contributed by atoms with Crippen LogP contribution in [0.1, 0.15) is 0 Å². The zero-order chi connectivity index (χ0) is 15.2. The van der Waals surface area contributed by atoms with Crippen LogP contribution in [-0.4, -0.2) is 19.6 Å². The van der Waals surface area contributed by atoms with Crippen molar-refractivity contribution in [3.8, 4) is 5.75 Å². The standard InChI is InChI=1S/C15H14Br2N2O2/c1-21-14-8-13(11(16)7-12(14)17)18-9-15(20)19-10-5-3-2-4-6-10/h2-8,18H,9H2,1H3,(H,19,20). The molecule has 0 atom stereocenters. The van der Waals surface area contributed by atoms with E-state index in [9.17, 15) is 4.79 Å². The van der Waals surface area contributed by atoms with Gasteiger partial charge in [-0.15, -0.1) is 0 Å². The molecular formula is C15H14Br2N2O2. The third-order valence-electron chi connectivity index (χ3n) is 2.74. The molecule has 0 aliphatic rings. The molecule has 0 unspecified atom stereocenters. The van der Waals surface area contributed by atoms with Crippen LogP contribution < -0.4 is 15.4 Å². The molecular weight excluding hydrogens is 400 g/mol. The Morgan fingerprint density at radius 1 is 1.14 bits per heavy atom. The number of ether oxygens (including phenoxy) is 1. The van der Waals surface area contributed by atoms with Gasteiger partial charge in [-0.25, -0.2) is 0 Å². The quantitative estimate of drug-likeness (QED) is 0.769. The van der Waals surface area contributed by atoms with Crippen LogP contribution in [-0.2, 0) is 4.79 Å². The number of rotatable bonds is 5. The number of amides is 1. The van der Waals surface area contributed by atoms with Crippen molar-refractivity contribution in [1.82, 2.24) is 0 Å². The van der Waals surface area contributed by atoms with Gasteiger partial charge in [0.05, 0.1) is 23.8 Å². The van der Waals surface area contributed by atoms with E-state index in [-0.39, 0.29) is 12.5 Å². The number of para-hydroxylation sites is 1. The molecule has 110 valence electrons. The maximum atomic E-state index is 11.9. The average Bonchev–Trinajstić information content (AvgIpc) is 2.47. The van der Waals surface area contributed by atoms with Gasteiger partial charge in [-0.1, -0.05) is 18.2 Å². The van der Waals surface area contributed by atoms with E-state index in [1.165, 1.54) is 0 Å². The van der Waals surface area contributed by atoms with E-state index in [4.69, 9.17) is 4.74 Å². The summed E-state index contributed by atoms with van der Waals surface area (Å²) < 4.78 is 6.93. The SMILES string of the molecule is COc1cc(NCC(=O)Nc2ccccc2)c(Br)cc1Br. The van der Waals surface area contributed by atoms with Crippen LogP contribution in [0.15, 0.2) is 51.4 Å². The summed E-state index contributed by atoms with van der Waals surface area (Å²) in [5.41, 5.74) is 1.56. The number of carbonyl (C=O) groups excluding carboxylic acids is 1. The Kier molecular flexibility index (Phi) is 5.64. The van der Waals surface area contributed by atoms with Gasteiger partial charge in [-0.05, 0) is 50.1 Å². The molecule has 0 saturated heterocycles. The van der Waals surface area contributed by atoms with Gasteiger partial charge in [0.1, 0.15) is 5.75 Å². The Morgan fingerprint density at radius 3 is 2.52 bits per heavy atom. The highest BCUT2D eigenvalue weighted by Gasteiger charge is 2.08. The van der Waals surface area contributed by atoms with Crippen LogP contribution in [0.3, 0.4) is 0 Å². The number of anilines is 2. The minimum Gasteiger partial charge on any atom is -0.495 e. The lowest BCUT2D eigenvalue weighted by Crippen LogP contribution is -2.21. The van der Waals surface area contributed by atoms with Crippen molar-refractivity contribution in [2.75, 3.05) is 24.3 Å². The minimum atomic E-state index is -0.116. The second-order valence-electron chi connectivity index (χ2n) is 4.23. The first kappa shape index (κ1) is 15.9. The van der Waals surface area contributed by atoms with E-state index in [0.29, 0.717) is 5.75 Å². The van der Waals surface area contributed by atoms with Gasteiger partial charge in [0, 0.05) is 16.2 Å². The Morgan fingerprint density at radius 2 is 1.86 bits per heavy atom. The molecule has 0 aliphatic heterocycles. The Bertz CT molecular complexity index is 633. The molecule has 2 rings (SSSR count). The van der Waals surface area contributed by atoms with Crippen molar-refractivity contribution < 1.29 is 9.53 Å². The number of nitrogens with one attached hydrogen (secondary N) is 2. The molecule has 2 aromatic carbocycles. The van der Waals surface area contributed by atoms with Crippen LogP contribution in [0, 0.1) is 0 Å². The largest absolute Gasteiger partial charge is 0.495 e. The van der Waals surface area contributed by atoms with Gasteiger partial charge in [0.2, 0.25) is 5.91 Å². The number of hydrogen-bond acceptors (Lipinski definition) is 3. The van der Waals surface area contributed by atoms with E-state index in [0.717, 1.165) is 20.3 Å². The summed E-state index contributed by atoms with van der Waals surface area (Å²) in [5, 5.41) is 5.89. The Labute approximate surface area is 140 Å². The summed E-state index contributed by atoms with van der Waals surface area (Å²) in [6.07, 6.45) is 0. The Hall–Kier alpha value is -1.53. The highest BCUT2D eigenvalue weighted by atomic mass is 79.9. The third kappa shape index (κ3) is 4.47. The smallest absolute Gasteiger partial charge is 0.243 e. The van der Waals surface area contributed by atoms with Crippen molar-refractivity contribution in [3.63, 3.8) is 0 Å². The van der Waals surface area contributed by atoms with Gasteiger partial charge in [0.15, 0.2) is 0 Å². The van der Waals surface area contributed by atoms with E-state index in [1.54, 1.807) is 7.11 Å². The Balaban J connectivity index is 1.98. The summed E-state index contributed by atoms with van der Waals surface area (Å²) in [7, 11) is 1.60. The first-order chi connectivity index (χ1) is 10.1. The lowest BCUT2D eigenvalue weighted by atomic mass is 10.3. The average molecular weight is 414 g/mol. The van der Waals surface area contributed by atoms with Crippen molar-refractivity contribution in [1.29, 1.82) is 0 Å². The summed E-state index contributed by atoms with van der Waals surface area (Å²) in [6, 6.07) is 13.0. The molecule has 0 spiro atoms. The fourth-order valence-electron chi connectivity index (χ4n) is 1.72. The molecule has 6 heteroatoms. The number of carbonyl (C=O) groups is 1. The number of benzene rings is 2. The summed E-state index contributed by atoms with van der Waals surface area (Å²) in [5.74, 6) is 0.583. The van der Waals surface area contributed by atoms with E-state index in [1.807, 2.05) is 42.5 Å².